The average molecular weight is 278 g/mol. The predicted octanol–water partition coefficient (Wildman–Crippen LogP) is 1.76. The van der Waals surface area contributed by atoms with Crippen LogP contribution in [0, 0.1) is 0 Å². The number of hydrogen-bond donors (Lipinski definition) is 2. The van der Waals surface area contributed by atoms with Crippen LogP contribution in [0.25, 0.3) is 0 Å². The Labute approximate surface area is 121 Å². The highest BCUT2D eigenvalue weighted by atomic mass is 16.5. The summed E-state index contributed by atoms with van der Waals surface area (Å²) >= 11 is 0. The van der Waals surface area contributed by atoms with Gasteiger partial charge in [-0.3, -0.25) is 0 Å². The van der Waals surface area contributed by atoms with Gasteiger partial charge in [-0.2, -0.15) is 0 Å². The van der Waals surface area contributed by atoms with Crippen LogP contribution in [0.15, 0.2) is 24.3 Å². The van der Waals surface area contributed by atoms with Crippen LogP contribution in [0.2, 0.25) is 0 Å². The molecular weight excluding hydrogens is 252 g/mol. The fourth-order valence-corrected chi connectivity index (χ4v) is 2.90. The summed E-state index contributed by atoms with van der Waals surface area (Å²) < 4.78 is 5.79. The maximum Gasteiger partial charge on any atom is 0.123 e. The summed E-state index contributed by atoms with van der Waals surface area (Å²) in [6, 6.07) is 7.86. The molecular formula is C16H26N2O2. The number of rotatable bonds is 7. The van der Waals surface area contributed by atoms with E-state index in [-0.39, 0.29) is 0 Å². The molecule has 0 radical (unpaired) electrons. The number of nitrogens with two attached hydrogens (primary N) is 1. The monoisotopic (exact) mass is 278 g/mol. The molecule has 3 N–H and O–H groups in total. The Bertz CT molecular complexity index is 417. The maximum atomic E-state index is 10.4. The van der Waals surface area contributed by atoms with Gasteiger partial charge in [-0.25, -0.2) is 0 Å². The highest BCUT2D eigenvalue weighted by Gasteiger charge is 2.31. The first-order chi connectivity index (χ1) is 9.63. The SMILES string of the molecule is CN(CCOc1ccccc1CN)CC1(O)CCCC1. The summed E-state index contributed by atoms with van der Waals surface area (Å²) in [5.74, 6) is 0.864. The van der Waals surface area contributed by atoms with Gasteiger partial charge in [-0.1, -0.05) is 31.0 Å². The van der Waals surface area contributed by atoms with E-state index in [1.54, 1.807) is 0 Å². The fourth-order valence-electron chi connectivity index (χ4n) is 2.90. The number of benzene rings is 1. The second-order valence-corrected chi connectivity index (χ2v) is 5.83. The molecule has 0 amide bonds. The predicted molar refractivity (Wildman–Crippen MR) is 80.7 cm³/mol. The van der Waals surface area contributed by atoms with Gasteiger partial charge in [0.05, 0.1) is 5.60 Å². The molecule has 0 aromatic heterocycles. The van der Waals surface area contributed by atoms with Crippen LogP contribution in [0.1, 0.15) is 31.2 Å². The third-order valence-corrected chi connectivity index (χ3v) is 4.02. The highest BCUT2D eigenvalue weighted by Crippen LogP contribution is 2.29. The molecule has 4 nitrogen and oxygen atoms in total. The number of para-hydroxylation sites is 1. The zero-order valence-electron chi connectivity index (χ0n) is 12.3. The average Bonchev–Trinajstić information content (AvgIpc) is 2.85. The van der Waals surface area contributed by atoms with Crippen molar-refractivity contribution in [2.75, 3.05) is 26.7 Å². The molecule has 0 unspecified atom stereocenters. The maximum absolute atomic E-state index is 10.4. The van der Waals surface area contributed by atoms with E-state index in [1.165, 1.54) is 0 Å². The summed E-state index contributed by atoms with van der Waals surface area (Å²) in [7, 11) is 2.04. The molecule has 2 rings (SSSR count). The zero-order valence-corrected chi connectivity index (χ0v) is 12.3. The van der Waals surface area contributed by atoms with E-state index in [0.717, 1.165) is 50.1 Å². The minimum Gasteiger partial charge on any atom is -0.492 e. The number of aliphatic hydroxyl groups is 1. The van der Waals surface area contributed by atoms with E-state index in [0.29, 0.717) is 13.2 Å². The van der Waals surface area contributed by atoms with Crippen LogP contribution < -0.4 is 10.5 Å². The Kier molecular flexibility index (Phi) is 5.40. The molecule has 1 aliphatic carbocycles. The Morgan fingerprint density at radius 3 is 2.70 bits per heavy atom. The van der Waals surface area contributed by atoms with Gasteiger partial charge < -0.3 is 20.5 Å². The van der Waals surface area contributed by atoms with Crippen LogP contribution in [0.5, 0.6) is 5.75 Å². The molecule has 1 saturated carbocycles. The first-order valence-electron chi connectivity index (χ1n) is 7.45. The first-order valence-corrected chi connectivity index (χ1v) is 7.45. The van der Waals surface area contributed by atoms with Crippen molar-refractivity contribution in [2.45, 2.75) is 37.8 Å². The molecule has 1 fully saturated rings. The number of likely N-dealkylation sites (N-methyl/N-ethyl adjacent to an activating group) is 1. The van der Waals surface area contributed by atoms with Crippen molar-refractivity contribution in [3.8, 4) is 5.75 Å². The summed E-state index contributed by atoms with van der Waals surface area (Å²) in [6.45, 7) is 2.64. The number of hydrogen-bond acceptors (Lipinski definition) is 4. The topological polar surface area (TPSA) is 58.7 Å². The summed E-state index contributed by atoms with van der Waals surface area (Å²) in [4.78, 5) is 2.15. The second kappa shape index (κ2) is 7.07. The largest absolute Gasteiger partial charge is 0.492 e. The third-order valence-electron chi connectivity index (χ3n) is 4.02. The van der Waals surface area contributed by atoms with E-state index >= 15 is 0 Å². The van der Waals surface area contributed by atoms with E-state index in [1.807, 2.05) is 31.3 Å². The number of nitrogens with zero attached hydrogens (tertiary/aromatic N) is 1. The van der Waals surface area contributed by atoms with Crippen molar-refractivity contribution < 1.29 is 9.84 Å². The van der Waals surface area contributed by atoms with E-state index in [2.05, 4.69) is 4.90 Å². The molecule has 112 valence electrons. The lowest BCUT2D eigenvalue weighted by Gasteiger charge is -2.28. The van der Waals surface area contributed by atoms with E-state index in [9.17, 15) is 5.11 Å². The van der Waals surface area contributed by atoms with Gasteiger partial charge in [0.25, 0.3) is 0 Å². The van der Waals surface area contributed by atoms with Crippen LogP contribution in [-0.4, -0.2) is 42.4 Å². The third kappa shape index (κ3) is 4.20. The lowest BCUT2D eigenvalue weighted by Crippen LogP contribution is -2.40. The molecule has 1 aliphatic rings. The van der Waals surface area contributed by atoms with Crippen LogP contribution >= 0.6 is 0 Å². The Hall–Kier alpha value is -1.10. The minimum atomic E-state index is -0.482. The van der Waals surface area contributed by atoms with Gasteiger partial charge in [0.2, 0.25) is 0 Å². The molecule has 0 atom stereocenters. The Morgan fingerprint density at radius 2 is 2.00 bits per heavy atom. The van der Waals surface area contributed by atoms with Crippen LogP contribution in [-0.2, 0) is 6.54 Å². The van der Waals surface area contributed by atoms with Gasteiger partial charge >= 0.3 is 0 Å². The lowest BCUT2D eigenvalue weighted by atomic mass is 10.0. The zero-order chi connectivity index (χ0) is 14.4. The summed E-state index contributed by atoms with van der Waals surface area (Å²) in [5, 5.41) is 10.4. The molecule has 4 heteroatoms. The fraction of sp³-hybridized carbons (Fsp3) is 0.625. The van der Waals surface area contributed by atoms with Crippen molar-refractivity contribution in [3.63, 3.8) is 0 Å². The van der Waals surface area contributed by atoms with Gasteiger partial charge in [-0.15, -0.1) is 0 Å². The standard InChI is InChI=1S/C16H26N2O2/c1-18(13-16(19)8-4-5-9-16)10-11-20-15-7-3-2-6-14(15)12-17/h2-3,6-7,19H,4-5,8-13,17H2,1H3. The van der Waals surface area contributed by atoms with Crippen molar-refractivity contribution in [2.24, 2.45) is 5.73 Å². The van der Waals surface area contributed by atoms with Crippen molar-refractivity contribution >= 4 is 0 Å². The minimum absolute atomic E-state index is 0.482. The van der Waals surface area contributed by atoms with Crippen molar-refractivity contribution in [1.82, 2.24) is 4.90 Å². The number of ether oxygens (including phenoxy) is 1. The van der Waals surface area contributed by atoms with Crippen molar-refractivity contribution in [3.05, 3.63) is 29.8 Å². The smallest absolute Gasteiger partial charge is 0.123 e. The summed E-state index contributed by atoms with van der Waals surface area (Å²) in [5.41, 5.74) is 6.23. The first kappa shape index (κ1) is 15.3. The highest BCUT2D eigenvalue weighted by molar-refractivity contribution is 5.32. The molecule has 0 aliphatic heterocycles. The normalized spacial score (nSPS) is 17.6. The second-order valence-electron chi connectivity index (χ2n) is 5.83. The van der Waals surface area contributed by atoms with Crippen LogP contribution in [0.4, 0.5) is 0 Å². The van der Waals surface area contributed by atoms with Gasteiger partial charge in [0, 0.05) is 25.2 Å². The van der Waals surface area contributed by atoms with Gasteiger partial charge in [0.15, 0.2) is 0 Å². The molecule has 1 aromatic rings. The Balaban J connectivity index is 1.75. The quantitative estimate of drug-likeness (QED) is 0.798. The molecule has 1 aromatic carbocycles. The lowest BCUT2D eigenvalue weighted by molar-refractivity contribution is 0.0138. The molecule has 0 bridgehead atoms. The van der Waals surface area contributed by atoms with Crippen LogP contribution in [0.3, 0.4) is 0 Å². The molecule has 0 saturated heterocycles. The van der Waals surface area contributed by atoms with Gasteiger partial charge in [-0.05, 0) is 26.0 Å². The Morgan fingerprint density at radius 1 is 1.30 bits per heavy atom. The van der Waals surface area contributed by atoms with E-state index < -0.39 is 5.60 Å². The van der Waals surface area contributed by atoms with Crippen molar-refractivity contribution in [1.29, 1.82) is 0 Å². The molecule has 0 spiro atoms. The van der Waals surface area contributed by atoms with E-state index in [4.69, 9.17) is 10.5 Å². The van der Waals surface area contributed by atoms with Gasteiger partial charge in [0.1, 0.15) is 12.4 Å². The summed E-state index contributed by atoms with van der Waals surface area (Å²) in [6.07, 6.45) is 4.14. The molecule has 20 heavy (non-hydrogen) atoms. The molecule has 0 heterocycles.